The molecule has 1 N–H and O–H groups in total. The Morgan fingerprint density at radius 1 is 1.43 bits per heavy atom. The molecule has 5 heteroatoms. The number of rotatable bonds is 4. The lowest BCUT2D eigenvalue weighted by molar-refractivity contribution is 0.145. The van der Waals surface area contributed by atoms with Crippen LogP contribution >= 0.6 is 27.5 Å². The number of halogens is 4. The molecule has 0 heterocycles. The maximum atomic E-state index is 11.8. The van der Waals surface area contributed by atoms with Gasteiger partial charge in [0.15, 0.2) is 0 Å². The highest BCUT2D eigenvalue weighted by atomic mass is 79.9. The van der Waals surface area contributed by atoms with Crippen molar-refractivity contribution in [3.8, 4) is 0 Å². The number of hydrogen-bond donors (Lipinski definition) is 1. The Morgan fingerprint density at radius 3 is 2.79 bits per heavy atom. The summed E-state index contributed by atoms with van der Waals surface area (Å²) < 4.78 is 24.5. The molecule has 0 atom stereocenters. The molecule has 0 aliphatic rings. The van der Waals surface area contributed by atoms with E-state index in [1.54, 1.807) is 18.2 Å². The van der Waals surface area contributed by atoms with Gasteiger partial charge in [0.1, 0.15) is 0 Å². The maximum Gasteiger partial charge on any atom is 0.250 e. The summed E-state index contributed by atoms with van der Waals surface area (Å²) >= 11 is 9.15. The van der Waals surface area contributed by atoms with Gasteiger partial charge in [0.25, 0.3) is 6.43 Å². The van der Waals surface area contributed by atoms with Crippen LogP contribution < -0.4 is 5.32 Å². The van der Waals surface area contributed by atoms with Crippen LogP contribution in [0.3, 0.4) is 0 Å². The second-order valence-corrected chi connectivity index (χ2v) is 4.08. The zero-order valence-electron chi connectivity index (χ0n) is 7.24. The smallest absolute Gasteiger partial charge is 0.250 e. The van der Waals surface area contributed by atoms with Crippen molar-refractivity contribution in [2.75, 3.05) is 6.54 Å². The second-order valence-electron chi connectivity index (χ2n) is 2.76. The Hall–Kier alpha value is -0.190. The Bertz CT molecular complexity index is 307. The number of nitrogens with one attached hydrogen (secondary N) is 1. The van der Waals surface area contributed by atoms with Gasteiger partial charge in [0, 0.05) is 16.0 Å². The molecule has 1 nitrogen and oxygen atoms in total. The Morgan fingerprint density at radius 2 is 2.14 bits per heavy atom. The first-order valence-corrected chi connectivity index (χ1v) is 5.19. The molecule has 0 aliphatic heterocycles. The first-order chi connectivity index (χ1) is 6.59. The van der Waals surface area contributed by atoms with Crippen molar-refractivity contribution in [2.24, 2.45) is 0 Å². The molecule has 0 radical (unpaired) electrons. The molecule has 0 fully saturated rings. The summed E-state index contributed by atoms with van der Waals surface area (Å²) in [5.41, 5.74) is 0.807. The Balaban J connectivity index is 2.53. The van der Waals surface area contributed by atoms with E-state index in [0.29, 0.717) is 11.6 Å². The molecule has 0 aliphatic carbocycles. The van der Waals surface area contributed by atoms with Crippen molar-refractivity contribution in [1.29, 1.82) is 0 Å². The van der Waals surface area contributed by atoms with Crippen molar-refractivity contribution in [3.05, 3.63) is 33.3 Å². The Labute approximate surface area is 94.6 Å². The summed E-state index contributed by atoms with van der Waals surface area (Å²) in [5.74, 6) is 0. The normalized spacial score (nSPS) is 10.9. The predicted molar refractivity (Wildman–Crippen MR) is 56.9 cm³/mol. The molecule has 0 amide bonds. The number of hydrogen-bond acceptors (Lipinski definition) is 1. The fourth-order valence-corrected chi connectivity index (χ4v) is 1.59. The van der Waals surface area contributed by atoms with E-state index in [1.165, 1.54) is 0 Å². The summed E-state index contributed by atoms with van der Waals surface area (Å²) in [6.45, 7) is 0.0332. The molecule has 78 valence electrons. The molecule has 0 saturated carbocycles. The van der Waals surface area contributed by atoms with E-state index >= 15 is 0 Å². The minimum atomic E-state index is -2.33. The van der Waals surface area contributed by atoms with Gasteiger partial charge < -0.3 is 5.32 Å². The van der Waals surface area contributed by atoms with Crippen LogP contribution in [-0.4, -0.2) is 13.0 Å². The molecule has 0 unspecified atom stereocenters. The topological polar surface area (TPSA) is 12.0 Å². The third kappa shape index (κ3) is 3.90. The van der Waals surface area contributed by atoms with Crippen molar-refractivity contribution < 1.29 is 8.78 Å². The van der Waals surface area contributed by atoms with Crippen LogP contribution in [0.2, 0.25) is 5.02 Å². The van der Waals surface area contributed by atoms with Gasteiger partial charge in [-0.25, -0.2) is 8.78 Å². The average molecular weight is 285 g/mol. The lowest BCUT2D eigenvalue weighted by Crippen LogP contribution is -2.20. The van der Waals surface area contributed by atoms with Crippen LogP contribution in [0.5, 0.6) is 0 Å². The lowest BCUT2D eigenvalue weighted by atomic mass is 10.2. The van der Waals surface area contributed by atoms with Gasteiger partial charge in [0.05, 0.1) is 6.54 Å². The lowest BCUT2D eigenvalue weighted by Gasteiger charge is -2.06. The fraction of sp³-hybridized carbons (Fsp3) is 0.333. The van der Waals surface area contributed by atoms with Gasteiger partial charge in [-0.2, -0.15) is 0 Å². The summed E-state index contributed by atoms with van der Waals surface area (Å²) in [6, 6.07) is 5.34. The van der Waals surface area contributed by atoms with Gasteiger partial charge >= 0.3 is 0 Å². The van der Waals surface area contributed by atoms with Crippen molar-refractivity contribution >= 4 is 27.5 Å². The molecule has 0 aromatic heterocycles. The van der Waals surface area contributed by atoms with E-state index in [2.05, 4.69) is 21.2 Å². The SMILES string of the molecule is FC(F)CNCc1cc(Br)ccc1Cl. The van der Waals surface area contributed by atoms with Crippen molar-refractivity contribution in [3.63, 3.8) is 0 Å². The zero-order valence-corrected chi connectivity index (χ0v) is 9.58. The average Bonchev–Trinajstić information content (AvgIpc) is 2.10. The zero-order chi connectivity index (χ0) is 10.6. The molecule has 1 aromatic rings. The third-order valence-electron chi connectivity index (χ3n) is 1.62. The highest BCUT2D eigenvalue weighted by Gasteiger charge is 2.03. The van der Waals surface area contributed by atoms with Gasteiger partial charge in [-0.3, -0.25) is 0 Å². The van der Waals surface area contributed by atoms with Crippen LogP contribution in [0, 0.1) is 0 Å². The summed E-state index contributed by atoms with van der Waals surface area (Å²) in [6.07, 6.45) is -2.33. The standard InChI is InChI=1S/C9H9BrClF2N/c10-7-1-2-8(11)6(3-7)4-14-5-9(12)13/h1-3,9,14H,4-5H2. The number of alkyl halides is 2. The molecular formula is C9H9BrClF2N. The summed E-state index contributed by atoms with van der Waals surface area (Å²) in [4.78, 5) is 0. The van der Waals surface area contributed by atoms with E-state index in [-0.39, 0.29) is 6.54 Å². The maximum absolute atomic E-state index is 11.8. The van der Waals surface area contributed by atoms with E-state index in [9.17, 15) is 8.78 Å². The molecular weight excluding hydrogens is 275 g/mol. The van der Waals surface area contributed by atoms with Crippen LogP contribution in [0.1, 0.15) is 5.56 Å². The van der Waals surface area contributed by atoms with Crippen molar-refractivity contribution in [1.82, 2.24) is 5.32 Å². The van der Waals surface area contributed by atoms with E-state index in [4.69, 9.17) is 11.6 Å². The third-order valence-corrected chi connectivity index (χ3v) is 2.48. The first kappa shape index (κ1) is 11.9. The van der Waals surface area contributed by atoms with Crippen LogP contribution in [0.25, 0.3) is 0 Å². The molecule has 0 bridgehead atoms. The van der Waals surface area contributed by atoms with Crippen LogP contribution in [-0.2, 0) is 6.54 Å². The summed E-state index contributed by atoms with van der Waals surface area (Å²) in [7, 11) is 0. The molecule has 1 rings (SSSR count). The second kappa shape index (κ2) is 5.63. The van der Waals surface area contributed by atoms with E-state index in [1.807, 2.05) is 0 Å². The minimum Gasteiger partial charge on any atom is -0.307 e. The quantitative estimate of drug-likeness (QED) is 0.893. The Kier molecular flexibility index (Phi) is 4.78. The van der Waals surface area contributed by atoms with E-state index in [0.717, 1.165) is 10.0 Å². The van der Waals surface area contributed by atoms with Gasteiger partial charge in [-0.15, -0.1) is 0 Å². The van der Waals surface area contributed by atoms with Crippen molar-refractivity contribution in [2.45, 2.75) is 13.0 Å². The van der Waals surface area contributed by atoms with E-state index < -0.39 is 6.43 Å². The molecule has 1 aromatic carbocycles. The van der Waals surface area contributed by atoms with Gasteiger partial charge in [0.2, 0.25) is 0 Å². The molecule has 0 saturated heterocycles. The fourth-order valence-electron chi connectivity index (χ4n) is 0.995. The predicted octanol–water partition coefficient (Wildman–Crippen LogP) is 3.46. The van der Waals surface area contributed by atoms with Crippen LogP contribution in [0.4, 0.5) is 8.78 Å². The number of benzene rings is 1. The van der Waals surface area contributed by atoms with Gasteiger partial charge in [-0.05, 0) is 23.8 Å². The van der Waals surface area contributed by atoms with Crippen LogP contribution in [0.15, 0.2) is 22.7 Å². The largest absolute Gasteiger partial charge is 0.307 e. The highest BCUT2D eigenvalue weighted by Crippen LogP contribution is 2.20. The monoisotopic (exact) mass is 283 g/mol. The summed E-state index contributed by atoms with van der Waals surface area (Å²) in [5, 5.41) is 3.19. The van der Waals surface area contributed by atoms with Gasteiger partial charge in [-0.1, -0.05) is 27.5 Å². The first-order valence-electron chi connectivity index (χ1n) is 4.02. The highest BCUT2D eigenvalue weighted by molar-refractivity contribution is 9.10. The molecule has 14 heavy (non-hydrogen) atoms. The minimum absolute atomic E-state index is 0.317. The molecule has 0 spiro atoms.